The number of carbonyl (C=O) groups excluding carboxylic acids is 1. The van der Waals surface area contributed by atoms with Crippen LogP contribution in [0.15, 0.2) is 66.2 Å². The largest absolute Gasteiger partial charge is 0.490 e. The molecule has 0 fully saturated rings. The van der Waals surface area contributed by atoms with Gasteiger partial charge in [-0.2, -0.15) is 5.26 Å². The summed E-state index contributed by atoms with van der Waals surface area (Å²) in [6.45, 7) is 4.78. The first-order valence-corrected chi connectivity index (χ1v) is 10.8. The van der Waals surface area contributed by atoms with Crippen molar-refractivity contribution in [2.45, 2.75) is 20.5 Å². The van der Waals surface area contributed by atoms with Crippen molar-refractivity contribution in [3.8, 4) is 29.1 Å². The van der Waals surface area contributed by atoms with Gasteiger partial charge in [-0.25, -0.2) is 0 Å². The molecule has 0 atom stereocenters. The maximum Gasteiger partial charge on any atom is 0.266 e. The molecule has 0 saturated heterocycles. The lowest BCUT2D eigenvalue weighted by Gasteiger charge is -2.13. The van der Waals surface area contributed by atoms with Crippen LogP contribution in [0.5, 0.6) is 23.0 Å². The third kappa shape index (κ3) is 5.48. The Morgan fingerprint density at radius 3 is 2.71 bits per heavy atom. The Kier molecular flexibility index (Phi) is 6.99. The summed E-state index contributed by atoms with van der Waals surface area (Å²) < 4.78 is 22.5. The number of hydrogen-bond acceptors (Lipinski definition) is 6. The Labute approximate surface area is 198 Å². The van der Waals surface area contributed by atoms with Crippen molar-refractivity contribution >= 4 is 17.7 Å². The third-order valence-electron chi connectivity index (χ3n) is 5.05. The van der Waals surface area contributed by atoms with Crippen LogP contribution >= 0.6 is 0 Å². The van der Waals surface area contributed by atoms with Crippen LogP contribution in [0.2, 0.25) is 0 Å². The van der Waals surface area contributed by atoms with Gasteiger partial charge in [-0.1, -0.05) is 24.3 Å². The van der Waals surface area contributed by atoms with Gasteiger partial charge in [0, 0.05) is 5.69 Å². The van der Waals surface area contributed by atoms with Gasteiger partial charge in [0.05, 0.1) is 6.61 Å². The highest BCUT2D eigenvalue weighted by atomic mass is 16.7. The highest BCUT2D eigenvalue weighted by Crippen LogP contribution is 2.34. The standard InChI is InChI=1S/C27H24N2O5/c1-3-31-25-13-19(12-21(15-28)27(30)29-22-6-4-5-18(2)11-22)7-9-23(25)32-16-20-8-10-24-26(14-20)34-17-33-24/h4-14H,3,16-17H2,1-2H3,(H,29,30)/b21-12-. The zero-order chi connectivity index (χ0) is 23.9. The number of rotatable bonds is 8. The average molecular weight is 456 g/mol. The number of nitrogens with zero attached hydrogens (tertiary/aromatic N) is 1. The molecule has 0 unspecified atom stereocenters. The minimum Gasteiger partial charge on any atom is -0.490 e. The van der Waals surface area contributed by atoms with Crippen LogP contribution in [0, 0.1) is 18.3 Å². The first-order valence-electron chi connectivity index (χ1n) is 10.8. The molecule has 1 N–H and O–H groups in total. The molecule has 0 spiro atoms. The van der Waals surface area contributed by atoms with E-state index in [1.165, 1.54) is 6.08 Å². The summed E-state index contributed by atoms with van der Waals surface area (Å²) in [6.07, 6.45) is 1.52. The Balaban J connectivity index is 1.49. The number of aryl methyl sites for hydroxylation is 1. The second kappa shape index (κ2) is 10.5. The zero-order valence-electron chi connectivity index (χ0n) is 19.0. The molecule has 172 valence electrons. The van der Waals surface area contributed by atoms with E-state index in [1.54, 1.807) is 24.3 Å². The molecule has 1 aliphatic rings. The second-order valence-electron chi connectivity index (χ2n) is 7.61. The summed E-state index contributed by atoms with van der Waals surface area (Å²) in [5.74, 6) is 2.01. The highest BCUT2D eigenvalue weighted by Gasteiger charge is 2.15. The van der Waals surface area contributed by atoms with Crippen molar-refractivity contribution in [2.24, 2.45) is 0 Å². The van der Waals surface area contributed by atoms with Crippen LogP contribution < -0.4 is 24.3 Å². The van der Waals surface area contributed by atoms with Gasteiger partial charge in [-0.15, -0.1) is 0 Å². The van der Waals surface area contributed by atoms with E-state index >= 15 is 0 Å². The third-order valence-corrected chi connectivity index (χ3v) is 5.05. The van der Waals surface area contributed by atoms with Crippen molar-refractivity contribution in [1.82, 2.24) is 0 Å². The molecule has 0 saturated carbocycles. The predicted octanol–water partition coefficient (Wildman–Crippen LogP) is 5.25. The second-order valence-corrected chi connectivity index (χ2v) is 7.61. The normalized spacial score (nSPS) is 12.1. The van der Waals surface area contributed by atoms with E-state index in [9.17, 15) is 10.1 Å². The van der Waals surface area contributed by atoms with Gasteiger partial charge in [0.1, 0.15) is 18.2 Å². The number of nitrogens with one attached hydrogen (secondary N) is 1. The molecule has 7 heteroatoms. The van der Waals surface area contributed by atoms with Crippen LogP contribution in [0.3, 0.4) is 0 Å². The Bertz CT molecular complexity index is 1280. The zero-order valence-corrected chi connectivity index (χ0v) is 19.0. The summed E-state index contributed by atoms with van der Waals surface area (Å²) >= 11 is 0. The molecular formula is C27H24N2O5. The quantitative estimate of drug-likeness (QED) is 0.368. The molecule has 0 bridgehead atoms. The van der Waals surface area contributed by atoms with Crippen LogP contribution in [0.25, 0.3) is 6.08 Å². The summed E-state index contributed by atoms with van der Waals surface area (Å²) in [4.78, 5) is 12.6. The van der Waals surface area contributed by atoms with Gasteiger partial charge < -0.3 is 24.3 Å². The number of carbonyl (C=O) groups is 1. The fourth-order valence-corrected chi connectivity index (χ4v) is 3.43. The minimum absolute atomic E-state index is 0.0158. The molecule has 7 nitrogen and oxygen atoms in total. The molecular weight excluding hydrogens is 432 g/mol. The number of benzene rings is 3. The fraction of sp³-hybridized carbons (Fsp3) is 0.185. The maximum atomic E-state index is 12.6. The van der Waals surface area contributed by atoms with Crippen LogP contribution in [0.1, 0.15) is 23.6 Å². The first kappa shape index (κ1) is 22.7. The number of hydrogen-bond donors (Lipinski definition) is 1. The Morgan fingerprint density at radius 2 is 1.91 bits per heavy atom. The van der Waals surface area contributed by atoms with E-state index < -0.39 is 5.91 Å². The van der Waals surface area contributed by atoms with E-state index in [4.69, 9.17) is 18.9 Å². The van der Waals surface area contributed by atoms with Crippen molar-refractivity contribution < 1.29 is 23.7 Å². The van der Waals surface area contributed by atoms with Gasteiger partial charge in [-0.3, -0.25) is 4.79 Å². The van der Waals surface area contributed by atoms with Crippen LogP contribution in [-0.2, 0) is 11.4 Å². The molecule has 4 rings (SSSR count). The van der Waals surface area contributed by atoms with E-state index in [2.05, 4.69) is 5.32 Å². The molecule has 3 aromatic carbocycles. The number of fused-ring (bicyclic) bond motifs is 1. The first-order chi connectivity index (χ1) is 16.6. The van der Waals surface area contributed by atoms with E-state index in [1.807, 2.05) is 56.3 Å². The Hall–Kier alpha value is -4.44. The van der Waals surface area contributed by atoms with E-state index in [0.29, 0.717) is 41.7 Å². The molecule has 3 aromatic rings. The van der Waals surface area contributed by atoms with Gasteiger partial charge in [0.15, 0.2) is 23.0 Å². The van der Waals surface area contributed by atoms with E-state index in [0.717, 1.165) is 16.9 Å². The average Bonchev–Trinajstić information content (AvgIpc) is 3.30. The summed E-state index contributed by atoms with van der Waals surface area (Å²) in [6, 6.07) is 20.3. The lowest BCUT2D eigenvalue weighted by Crippen LogP contribution is -2.13. The number of anilines is 1. The highest BCUT2D eigenvalue weighted by molar-refractivity contribution is 6.09. The molecule has 1 amide bonds. The van der Waals surface area contributed by atoms with Gasteiger partial charge in [0.25, 0.3) is 5.91 Å². The predicted molar refractivity (Wildman–Crippen MR) is 128 cm³/mol. The number of ether oxygens (including phenoxy) is 4. The van der Waals surface area contributed by atoms with Crippen molar-refractivity contribution in [3.63, 3.8) is 0 Å². The molecule has 0 aliphatic carbocycles. The topological polar surface area (TPSA) is 89.8 Å². The molecule has 34 heavy (non-hydrogen) atoms. The summed E-state index contributed by atoms with van der Waals surface area (Å²) in [5.41, 5.74) is 3.20. The molecule has 1 heterocycles. The Morgan fingerprint density at radius 1 is 1.06 bits per heavy atom. The smallest absolute Gasteiger partial charge is 0.266 e. The minimum atomic E-state index is -0.478. The number of nitriles is 1. The van der Waals surface area contributed by atoms with Crippen molar-refractivity contribution in [3.05, 3.63) is 82.9 Å². The molecule has 0 radical (unpaired) electrons. The maximum absolute atomic E-state index is 12.6. The molecule has 0 aromatic heterocycles. The van der Waals surface area contributed by atoms with Gasteiger partial charge in [-0.05, 0) is 73.0 Å². The fourth-order valence-electron chi connectivity index (χ4n) is 3.43. The van der Waals surface area contributed by atoms with Crippen molar-refractivity contribution in [2.75, 3.05) is 18.7 Å². The SMILES string of the molecule is CCOc1cc(/C=C(/C#N)C(=O)Nc2cccc(C)c2)ccc1OCc1ccc2c(c1)OCO2. The lowest BCUT2D eigenvalue weighted by molar-refractivity contribution is -0.112. The van der Waals surface area contributed by atoms with Crippen LogP contribution in [-0.4, -0.2) is 19.3 Å². The molecule has 1 aliphatic heterocycles. The number of amides is 1. The summed E-state index contributed by atoms with van der Waals surface area (Å²) in [5, 5.41) is 12.3. The van der Waals surface area contributed by atoms with Gasteiger partial charge in [0.2, 0.25) is 6.79 Å². The van der Waals surface area contributed by atoms with Gasteiger partial charge >= 0.3 is 0 Å². The lowest BCUT2D eigenvalue weighted by atomic mass is 10.1. The summed E-state index contributed by atoms with van der Waals surface area (Å²) in [7, 11) is 0. The van der Waals surface area contributed by atoms with Crippen molar-refractivity contribution in [1.29, 1.82) is 5.26 Å². The monoisotopic (exact) mass is 456 g/mol. The van der Waals surface area contributed by atoms with E-state index in [-0.39, 0.29) is 12.4 Å². The van der Waals surface area contributed by atoms with Crippen LogP contribution in [0.4, 0.5) is 5.69 Å².